The van der Waals surface area contributed by atoms with Crippen molar-refractivity contribution in [1.29, 1.82) is 0 Å². The van der Waals surface area contributed by atoms with Gasteiger partial charge in [-0.2, -0.15) is 0 Å². The largest absolute Gasteiger partial charge is 0.395 e. The predicted molar refractivity (Wildman–Crippen MR) is 42.1 cm³/mol. The Balaban J connectivity index is 2.62. The maximum absolute atomic E-state index is 9.34. The quantitative estimate of drug-likeness (QED) is 0.577. The smallest absolute Gasteiger partial charge is 0.123 e. The first kappa shape index (κ1) is 8.61. The van der Waals surface area contributed by atoms with Gasteiger partial charge in [-0.1, -0.05) is 0 Å². The van der Waals surface area contributed by atoms with Gasteiger partial charge in [0.05, 0.1) is 12.6 Å². The monoisotopic (exact) mass is 174 g/mol. The second kappa shape index (κ2) is 3.77. The molecule has 0 spiro atoms. The van der Waals surface area contributed by atoms with Gasteiger partial charge in [0, 0.05) is 11.6 Å². The van der Waals surface area contributed by atoms with E-state index in [2.05, 4.69) is 4.98 Å². The summed E-state index contributed by atoms with van der Waals surface area (Å²) in [6, 6.07) is -0.638. The fourth-order valence-corrected chi connectivity index (χ4v) is 1.36. The Hall–Kier alpha value is -0.490. The van der Waals surface area contributed by atoms with Crippen molar-refractivity contribution in [3.63, 3.8) is 0 Å². The average molecular weight is 174 g/mol. The molecule has 0 aliphatic heterocycles. The molecule has 4 N–H and O–H groups in total. The summed E-state index contributed by atoms with van der Waals surface area (Å²) in [7, 11) is 0. The van der Waals surface area contributed by atoms with E-state index in [0.717, 1.165) is 0 Å². The fraction of sp³-hybridized carbons (Fsp3) is 0.500. The molecule has 0 bridgehead atoms. The highest BCUT2D eigenvalue weighted by Crippen LogP contribution is 2.17. The summed E-state index contributed by atoms with van der Waals surface area (Å²) in [6.45, 7) is -0.235. The van der Waals surface area contributed by atoms with E-state index in [9.17, 15) is 5.11 Å². The Labute approximate surface area is 68.3 Å². The first-order valence-electron chi connectivity index (χ1n) is 3.19. The molecule has 1 rings (SSSR count). The van der Waals surface area contributed by atoms with Crippen LogP contribution in [0, 0.1) is 0 Å². The third kappa shape index (κ3) is 1.97. The number of rotatable bonds is 3. The maximum Gasteiger partial charge on any atom is 0.123 e. The van der Waals surface area contributed by atoms with Gasteiger partial charge in [-0.15, -0.1) is 11.3 Å². The molecule has 62 valence electrons. The molecule has 2 atom stereocenters. The van der Waals surface area contributed by atoms with Gasteiger partial charge in [-0.05, 0) is 0 Å². The van der Waals surface area contributed by atoms with Crippen LogP contribution in [0.2, 0.25) is 0 Å². The minimum absolute atomic E-state index is 0.235. The molecule has 0 aliphatic carbocycles. The first-order valence-corrected chi connectivity index (χ1v) is 4.07. The van der Waals surface area contributed by atoms with Gasteiger partial charge in [-0.25, -0.2) is 4.98 Å². The third-order valence-electron chi connectivity index (χ3n) is 1.32. The van der Waals surface area contributed by atoms with Crippen LogP contribution in [0.15, 0.2) is 11.6 Å². The lowest BCUT2D eigenvalue weighted by Gasteiger charge is -2.12. The molecule has 1 heterocycles. The fourth-order valence-electron chi connectivity index (χ4n) is 0.664. The van der Waals surface area contributed by atoms with Crippen LogP contribution in [0.4, 0.5) is 0 Å². The van der Waals surface area contributed by atoms with Crippen molar-refractivity contribution in [3.05, 3.63) is 16.6 Å². The molecule has 0 unspecified atom stereocenters. The normalized spacial score (nSPS) is 16.3. The van der Waals surface area contributed by atoms with Crippen molar-refractivity contribution in [2.75, 3.05) is 6.61 Å². The van der Waals surface area contributed by atoms with E-state index in [-0.39, 0.29) is 6.61 Å². The predicted octanol–water partition coefficient (Wildman–Crippen LogP) is -0.504. The highest BCUT2D eigenvalue weighted by atomic mass is 32.1. The first-order chi connectivity index (χ1) is 5.25. The molecule has 11 heavy (non-hydrogen) atoms. The van der Waals surface area contributed by atoms with Gasteiger partial charge in [0.25, 0.3) is 0 Å². The zero-order chi connectivity index (χ0) is 8.27. The van der Waals surface area contributed by atoms with E-state index in [0.29, 0.717) is 5.01 Å². The zero-order valence-corrected chi connectivity index (χ0v) is 6.66. The summed E-state index contributed by atoms with van der Waals surface area (Å²) in [4.78, 5) is 3.86. The molecular weight excluding hydrogens is 164 g/mol. The van der Waals surface area contributed by atoms with Crippen molar-refractivity contribution in [2.24, 2.45) is 5.73 Å². The molecule has 4 nitrogen and oxygen atoms in total. The van der Waals surface area contributed by atoms with Gasteiger partial charge in [-0.3, -0.25) is 0 Å². The van der Waals surface area contributed by atoms with Gasteiger partial charge in [0.1, 0.15) is 11.1 Å². The van der Waals surface area contributed by atoms with Crippen LogP contribution in [-0.2, 0) is 0 Å². The van der Waals surface area contributed by atoms with Crippen molar-refractivity contribution < 1.29 is 10.2 Å². The maximum atomic E-state index is 9.34. The van der Waals surface area contributed by atoms with Gasteiger partial charge < -0.3 is 15.9 Å². The summed E-state index contributed by atoms with van der Waals surface area (Å²) in [6.07, 6.45) is 0.743. The zero-order valence-electron chi connectivity index (χ0n) is 5.84. The third-order valence-corrected chi connectivity index (χ3v) is 2.17. The summed E-state index contributed by atoms with van der Waals surface area (Å²) in [5, 5.41) is 20.2. The Bertz CT molecular complexity index is 202. The van der Waals surface area contributed by atoms with Crippen LogP contribution in [-0.4, -0.2) is 27.8 Å². The lowest BCUT2D eigenvalue weighted by molar-refractivity contribution is 0.109. The number of aliphatic hydroxyl groups excluding tert-OH is 2. The van der Waals surface area contributed by atoms with Crippen molar-refractivity contribution in [2.45, 2.75) is 12.1 Å². The second-order valence-corrected chi connectivity index (χ2v) is 3.09. The highest BCUT2D eigenvalue weighted by molar-refractivity contribution is 7.09. The van der Waals surface area contributed by atoms with Gasteiger partial charge in [0.2, 0.25) is 0 Å². The van der Waals surface area contributed by atoms with E-state index in [1.807, 2.05) is 0 Å². The molecule has 1 aromatic rings. The summed E-state index contributed by atoms with van der Waals surface area (Å²) in [5.41, 5.74) is 5.37. The molecule has 1 aromatic heterocycles. The number of aromatic nitrogens is 1. The van der Waals surface area contributed by atoms with Crippen molar-refractivity contribution >= 4 is 11.3 Å². The molecule has 0 saturated heterocycles. The van der Waals surface area contributed by atoms with Crippen molar-refractivity contribution in [3.8, 4) is 0 Å². The van der Waals surface area contributed by atoms with E-state index in [1.165, 1.54) is 11.3 Å². The van der Waals surface area contributed by atoms with E-state index in [1.54, 1.807) is 11.6 Å². The number of hydrogen-bond acceptors (Lipinski definition) is 5. The van der Waals surface area contributed by atoms with Crippen LogP contribution in [0.3, 0.4) is 0 Å². The minimum Gasteiger partial charge on any atom is -0.395 e. The average Bonchev–Trinajstić information content (AvgIpc) is 2.53. The minimum atomic E-state index is -0.847. The summed E-state index contributed by atoms with van der Waals surface area (Å²) < 4.78 is 0. The van der Waals surface area contributed by atoms with E-state index >= 15 is 0 Å². The molecule has 0 fully saturated rings. The number of hydrogen-bond donors (Lipinski definition) is 3. The number of nitrogens with zero attached hydrogens (tertiary/aromatic N) is 1. The molecule has 0 amide bonds. The Morgan fingerprint density at radius 2 is 2.45 bits per heavy atom. The molecular formula is C6H10N2O2S. The topological polar surface area (TPSA) is 79.4 Å². The SMILES string of the molecule is N[C@@H](CO)[C@H](O)c1nccs1. The molecule has 0 aliphatic rings. The van der Waals surface area contributed by atoms with E-state index < -0.39 is 12.1 Å². The lowest BCUT2D eigenvalue weighted by Crippen LogP contribution is -2.31. The molecule has 0 radical (unpaired) electrons. The second-order valence-electron chi connectivity index (χ2n) is 2.16. The standard InChI is InChI=1S/C6H10N2O2S/c7-4(3-9)5(10)6-8-1-2-11-6/h1-2,4-5,9-10H,3,7H2/t4-,5-/m0/s1. The van der Waals surface area contributed by atoms with Crippen LogP contribution < -0.4 is 5.73 Å². The van der Waals surface area contributed by atoms with E-state index in [4.69, 9.17) is 10.8 Å². The number of aliphatic hydroxyl groups is 2. The van der Waals surface area contributed by atoms with Crippen molar-refractivity contribution in [1.82, 2.24) is 4.98 Å². The van der Waals surface area contributed by atoms with Gasteiger partial charge >= 0.3 is 0 Å². The highest BCUT2D eigenvalue weighted by Gasteiger charge is 2.17. The Morgan fingerprint density at radius 3 is 2.91 bits per heavy atom. The van der Waals surface area contributed by atoms with Crippen LogP contribution in [0.1, 0.15) is 11.1 Å². The molecule has 0 saturated carbocycles. The summed E-state index contributed by atoms with van der Waals surface area (Å²) >= 11 is 1.32. The van der Waals surface area contributed by atoms with Crippen LogP contribution in [0.25, 0.3) is 0 Å². The Kier molecular flexibility index (Phi) is 2.95. The molecule has 5 heteroatoms. The van der Waals surface area contributed by atoms with Crippen LogP contribution >= 0.6 is 11.3 Å². The summed E-state index contributed by atoms with van der Waals surface area (Å²) in [5.74, 6) is 0. The van der Waals surface area contributed by atoms with Crippen LogP contribution in [0.5, 0.6) is 0 Å². The number of nitrogens with two attached hydrogens (primary N) is 1. The number of thiazole rings is 1. The molecule has 0 aromatic carbocycles. The Morgan fingerprint density at radius 1 is 1.73 bits per heavy atom. The van der Waals surface area contributed by atoms with Gasteiger partial charge in [0.15, 0.2) is 0 Å². The lowest BCUT2D eigenvalue weighted by atomic mass is 10.2.